The van der Waals surface area contributed by atoms with E-state index in [4.69, 9.17) is 0 Å². The monoisotopic (exact) mass is 385 g/mol. The molecule has 2 aromatic rings. The fraction of sp³-hybridized carbons (Fsp3) is 0.632. The highest BCUT2D eigenvalue weighted by Crippen LogP contribution is 2.41. The van der Waals surface area contributed by atoms with E-state index in [1.165, 1.54) is 0 Å². The molecule has 0 unspecified atom stereocenters. The van der Waals surface area contributed by atoms with Crippen molar-refractivity contribution in [3.8, 4) is 0 Å². The van der Waals surface area contributed by atoms with Gasteiger partial charge < -0.3 is 14.8 Å². The predicted octanol–water partition coefficient (Wildman–Crippen LogP) is 1.02. The molecule has 2 aromatic heterocycles. The number of hydrogen-bond acceptors (Lipinski definition) is 5. The zero-order chi connectivity index (χ0) is 19.7. The van der Waals surface area contributed by atoms with E-state index in [1.54, 1.807) is 16.9 Å². The van der Waals surface area contributed by atoms with Gasteiger partial charge in [-0.3, -0.25) is 14.3 Å². The number of carbonyl (C=O) groups excluding carboxylic acids is 2. The molecule has 2 aliphatic heterocycles. The van der Waals surface area contributed by atoms with Gasteiger partial charge in [0.1, 0.15) is 11.5 Å². The van der Waals surface area contributed by atoms with E-state index in [0.717, 1.165) is 44.5 Å². The van der Waals surface area contributed by atoms with Crippen LogP contribution >= 0.6 is 0 Å². The molecule has 0 aromatic carbocycles. The summed E-state index contributed by atoms with van der Waals surface area (Å²) in [5, 5.41) is 15.5. The second-order valence-electron chi connectivity index (χ2n) is 7.95. The van der Waals surface area contributed by atoms with Gasteiger partial charge in [0.15, 0.2) is 0 Å². The molecule has 2 aliphatic rings. The second kappa shape index (κ2) is 7.37. The molecular formula is C19H27N7O2. The van der Waals surface area contributed by atoms with E-state index < -0.39 is 0 Å². The number of aryl methyl sites for hydroxylation is 2. The molecule has 9 nitrogen and oxygen atoms in total. The van der Waals surface area contributed by atoms with Crippen LogP contribution in [0, 0.1) is 5.41 Å². The van der Waals surface area contributed by atoms with Gasteiger partial charge in [0.25, 0.3) is 11.8 Å². The van der Waals surface area contributed by atoms with E-state index in [0.29, 0.717) is 31.2 Å². The van der Waals surface area contributed by atoms with Gasteiger partial charge in [0.05, 0.1) is 0 Å². The smallest absolute Gasteiger partial charge is 0.289 e. The van der Waals surface area contributed by atoms with Crippen molar-refractivity contribution in [2.24, 2.45) is 12.5 Å². The molecule has 150 valence electrons. The zero-order valence-corrected chi connectivity index (χ0v) is 16.5. The van der Waals surface area contributed by atoms with Crippen LogP contribution in [0.15, 0.2) is 12.3 Å². The van der Waals surface area contributed by atoms with E-state index in [2.05, 4.69) is 20.6 Å². The molecule has 1 spiro atoms. The van der Waals surface area contributed by atoms with Crippen molar-refractivity contribution in [3.05, 3.63) is 29.6 Å². The Morgan fingerprint density at radius 2 is 2.00 bits per heavy atom. The lowest BCUT2D eigenvalue weighted by molar-refractivity contribution is 0.0460. The Labute approximate surface area is 164 Å². The number of nitrogens with zero attached hydrogens (tertiary/aromatic N) is 6. The molecular weight excluding hydrogens is 358 g/mol. The predicted molar refractivity (Wildman–Crippen MR) is 102 cm³/mol. The number of rotatable bonds is 4. The molecule has 4 heterocycles. The van der Waals surface area contributed by atoms with Gasteiger partial charge in [-0.05, 0) is 37.2 Å². The number of hydrogen-bond donors (Lipinski definition) is 1. The summed E-state index contributed by atoms with van der Waals surface area (Å²) in [5.41, 5.74) is 0.592. The third-order valence-corrected chi connectivity index (χ3v) is 5.98. The lowest BCUT2D eigenvalue weighted by Gasteiger charge is -2.44. The van der Waals surface area contributed by atoms with Crippen LogP contribution in [0.4, 0.5) is 0 Å². The Hall–Kier alpha value is -2.71. The van der Waals surface area contributed by atoms with Crippen LogP contribution in [-0.4, -0.2) is 60.9 Å². The van der Waals surface area contributed by atoms with Crippen LogP contribution in [0.5, 0.6) is 0 Å². The second-order valence-corrected chi connectivity index (χ2v) is 7.95. The summed E-state index contributed by atoms with van der Waals surface area (Å²) in [6.45, 7) is 4.83. The Kier molecular flexibility index (Phi) is 4.91. The van der Waals surface area contributed by atoms with Crippen LogP contribution in [0.1, 0.15) is 59.5 Å². The van der Waals surface area contributed by atoms with Crippen LogP contribution in [-0.2, 0) is 20.0 Å². The first-order chi connectivity index (χ1) is 13.5. The number of aromatic nitrogens is 5. The fourth-order valence-corrected chi connectivity index (χ4v) is 4.25. The van der Waals surface area contributed by atoms with Crippen molar-refractivity contribution >= 4 is 11.8 Å². The molecule has 4 rings (SSSR count). The lowest BCUT2D eigenvalue weighted by atomic mass is 9.73. The van der Waals surface area contributed by atoms with Gasteiger partial charge >= 0.3 is 0 Å². The van der Waals surface area contributed by atoms with Crippen LogP contribution < -0.4 is 5.32 Å². The molecule has 2 amide bonds. The standard InChI is InChI=1S/C19H27N7O2/c1-3-9-20-17(27)16-22-21-15-4-6-19(13-26(15)16)7-11-25(12-8-19)18(28)14-5-10-24(2)23-14/h5,10H,3-4,6-9,11-13H2,1-2H3,(H,20,27). The average molecular weight is 385 g/mol. The third kappa shape index (κ3) is 3.41. The molecule has 1 N–H and O–H groups in total. The Balaban J connectivity index is 1.44. The van der Waals surface area contributed by atoms with E-state index >= 15 is 0 Å². The summed E-state index contributed by atoms with van der Waals surface area (Å²) in [6, 6.07) is 1.76. The van der Waals surface area contributed by atoms with Crippen molar-refractivity contribution in [1.82, 2.24) is 34.8 Å². The van der Waals surface area contributed by atoms with Gasteiger partial charge in [0, 0.05) is 45.8 Å². The number of fused-ring (bicyclic) bond motifs is 1. The van der Waals surface area contributed by atoms with Crippen LogP contribution in [0.25, 0.3) is 0 Å². The highest BCUT2D eigenvalue weighted by atomic mass is 16.2. The van der Waals surface area contributed by atoms with Crippen molar-refractivity contribution in [2.75, 3.05) is 19.6 Å². The largest absolute Gasteiger partial charge is 0.349 e. The first kappa shape index (κ1) is 18.6. The molecule has 0 radical (unpaired) electrons. The highest BCUT2D eigenvalue weighted by Gasteiger charge is 2.41. The van der Waals surface area contributed by atoms with Crippen LogP contribution in [0.3, 0.4) is 0 Å². The molecule has 0 atom stereocenters. The summed E-state index contributed by atoms with van der Waals surface area (Å²) in [7, 11) is 1.81. The minimum Gasteiger partial charge on any atom is -0.349 e. The molecule has 28 heavy (non-hydrogen) atoms. The van der Waals surface area contributed by atoms with Crippen molar-refractivity contribution in [2.45, 2.75) is 45.6 Å². The Morgan fingerprint density at radius 3 is 2.68 bits per heavy atom. The van der Waals surface area contributed by atoms with Gasteiger partial charge in [-0.15, -0.1) is 10.2 Å². The molecule has 1 fully saturated rings. The maximum Gasteiger partial charge on any atom is 0.289 e. The Morgan fingerprint density at radius 1 is 1.21 bits per heavy atom. The molecule has 9 heteroatoms. The number of carbonyl (C=O) groups is 2. The van der Waals surface area contributed by atoms with E-state index in [1.807, 2.05) is 23.4 Å². The number of likely N-dealkylation sites (tertiary alicyclic amines) is 1. The molecule has 0 saturated carbocycles. The van der Waals surface area contributed by atoms with Gasteiger partial charge in [-0.2, -0.15) is 5.10 Å². The van der Waals surface area contributed by atoms with Gasteiger partial charge in [-0.25, -0.2) is 0 Å². The summed E-state index contributed by atoms with van der Waals surface area (Å²) in [4.78, 5) is 27.0. The molecule has 0 bridgehead atoms. The van der Waals surface area contributed by atoms with Gasteiger partial charge in [-0.1, -0.05) is 6.92 Å². The van der Waals surface area contributed by atoms with Crippen molar-refractivity contribution < 1.29 is 9.59 Å². The van der Waals surface area contributed by atoms with E-state index in [9.17, 15) is 9.59 Å². The van der Waals surface area contributed by atoms with Crippen LogP contribution in [0.2, 0.25) is 0 Å². The normalized spacial score (nSPS) is 18.1. The average Bonchev–Trinajstić information content (AvgIpc) is 3.32. The lowest BCUT2D eigenvalue weighted by Crippen LogP contribution is -2.47. The van der Waals surface area contributed by atoms with Crippen molar-refractivity contribution in [3.63, 3.8) is 0 Å². The maximum absolute atomic E-state index is 12.7. The summed E-state index contributed by atoms with van der Waals surface area (Å²) < 4.78 is 3.64. The zero-order valence-electron chi connectivity index (χ0n) is 16.5. The Bertz CT molecular complexity index is 877. The first-order valence-corrected chi connectivity index (χ1v) is 10.0. The summed E-state index contributed by atoms with van der Waals surface area (Å²) in [5.74, 6) is 1.14. The number of piperidine rings is 1. The topological polar surface area (TPSA) is 97.9 Å². The van der Waals surface area contributed by atoms with Gasteiger partial charge in [0.2, 0.25) is 5.82 Å². The first-order valence-electron chi connectivity index (χ1n) is 10.0. The SMILES string of the molecule is CCCNC(=O)c1nnc2n1CC1(CC2)CCN(C(=O)c2ccn(C)n2)CC1. The third-order valence-electron chi connectivity index (χ3n) is 5.98. The maximum atomic E-state index is 12.7. The summed E-state index contributed by atoms with van der Waals surface area (Å²) in [6.07, 6.45) is 6.35. The quantitative estimate of drug-likeness (QED) is 0.847. The number of amides is 2. The fourth-order valence-electron chi connectivity index (χ4n) is 4.25. The minimum absolute atomic E-state index is 0.00382. The van der Waals surface area contributed by atoms with E-state index in [-0.39, 0.29) is 17.2 Å². The minimum atomic E-state index is -0.152. The summed E-state index contributed by atoms with van der Waals surface area (Å²) >= 11 is 0. The highest BCUT2D eigenvalue weighted by molar-refractivity contribution is 5.92. The molecule has 1 saturated heterocycles. The van der Waals surface area contributed by atoms with Crippen molar-refractivity contribution in [1.29, 1.82) is 0 Å². The molecule has 0 aliphatic carbocycles. The number of nitrogens with one attached hydrogen (secondary N) is 1.